The molecular formula is C22H31N3O7S2. The van der Waals surface area contributed by atoms with E-state index in [1.807, 2.05) is 6.92 Å². The van der Waals surface area contributed by atoms with Gasteiger partial charge in [-0.2, -0.15) is 9.35 Å². The molecule has 0 saturated carbocycles. The number of thiophene rings is 1. The van der Waals surface area contributed by atoms with Crippen LogP contribution in [0.4, 0.5) is 5.00 Å². The zero-order valence-corrected chi connectivity index (χ0v) is 21.2. The fraction of sp³-hybridized carbons (Fsp3) is 0.455. The number of unbranched alkanes of at least 4 members (excludes halogenated alkanes) is 3. The number of carboxylic acids is 2. The molecule has 0 bridgehead atoms. The summed E-state index contributed by atoms with van der Waals surface area (Å²) >= 11 is 0.753. The molecule has 0 saturated heterocycles. The van der Waals surface area contributed by atoms with Gasteiger partial charge < -0.3 is 15.5 Å². The number of nitro groups is 1. The minimum absolute atomic E-state index is 0.0255. The Balaban J connectivity index is 2.83. The minimum Gasteiger partial charge on any atom is -0.478 e. The SMILES string of the molecule is C=N[SH]1(CC)(CC)C(NC(=O)CCCCCC)=C(C(=O)O)C(C(=O)O)=C1c1ccc([N+](=O)[O-])s1. The van der Waals surface area contributed by atoms with Crippen LogP contribution in [0.5, 0.6) is 0 Å². The quantitative estimate of drug-likeness (QED) is 0.0987. The van der Waals surface area contributed by atoms with Crippen LogP contribution in [0.1, 0.15) is 57.8 Å². The highest BCUT2D eigenvalue weighted by Crippen LogP contribution is 2.87. The lowest BCUT2D eigenvalue weighted by atomic mass is 10.1. The summed E-state index contributed by atoms with van der Waals surface area (Å²) in [6, 6.07) is 2.66. The Morgan fingerprint density at radius 3 is 2.15 bits per heavy atom. The van der Waals surface area contributed by atoms with E-state index in [1.165, 1.54) is 12.1 Å². The van der Waals surface area contributed by atoms with Gasteiger partial charge in [-0.1, -0.05) is 51.4 Å². The Labute approximate surface area is 202 Å². The molecule has 0 unspecified atom stereocenters. The smallest absolute Gasteiger partial charge is 0.339 e. The van der Waals surface area contributed by atoms with Crippen molar-refractivity contribution < 1.29 is 29.5 Å². The molecule has 2 heterocycles. The van der Waals surface area contributed by atoms with E-state index < -0.39 is 43.3 Å². The maximum Gasteiger partial charge on any atom is 0.339 e. The molecule has 10 nitrogen and oxygen atoms in total. The second-order valence-electron chi connectivity index (χ2n) is 8.04. The molecular weight excluding hydrogens is 482 g/mol. The first kappa shape index (κ1) is 27.3. The Kier molecular flexibility index (Phi) is 8.43. The minimum atomic E-state index is -4.04. The van der Waals surface area contributed by atoms with E-state index in [2.05, 4.69) is 16.4 Å². The molecule has 1 aromatic heterocycles. The van der Waals surface area contributed by atoms with Gasteiger partial charge >= 0.3 is 16.9 Å². The van der Waals surface area contributed by atoms with Crippen molar-refractivity contribution in [3.05, 3.63) is 43.3 Å². The van der Waals surface area contributed by atoms with E-state index in [1.54, 1.807) is 13.8 Å². The largest absolute Gasteiger partial charge is 0.478 e. The van der Waals surface area contributed by atoms with E-state index in [4.69, 9.17) is 0 Å². The third kappa shape index (κ3) is 4.39. The fourth-order valence-electron chi connectivity index (χ4n) is 4.53. The van der Waals surface area contributed by atoms with Gasteiger partial charge in [-0.25, -0.2) is 9.59 Å². The first-order valence-corrected chi connectivity index (χ1v) is 14.4. The second kappa shape index (κ2) is 10.5. The molecule has 2 rings (SSSR count). The standard InChI is InChI=1S/C22H31N3O7S2/c1-5-8-9-10-11-15(26)24-20-18(22(29)30)17(21(27)28)19(34(20,6-2,7-3)23-4)14-12-13-16(33-14)25(31)32/h12-13,34H,4-11H2,1-3H3,(H,24,26)(H,27,28)(H,29,30). The summed E-state index contributed by atoms with van der Waals surface area (Å²) in [4.78, 5) is 48.9. The molecule has 0 aliphatic carbocycles. The highest BCUT2D eigenvalue weighted by Gasteiger charge is 2.56. The van der Waals surface area contributed by atoms with E-state index in [0.717, 1.165) is 30.6 Å². The summed E-state index contributed by atoms with van der Waals surface area (Å²) in [5, 5.41) is 34.0. The van der Waals surface area contributed by atoms with Gasteiger partial charge in [0.1, 0.15) is 5.57 Å². The Bertz CT molecular complexity index is 1100. The number of carbonyl (C=O) groups excluding carboxylic acids is 1. The summed E-state index contributed by atoms with van der Waals surface area (Å²) in [5.41, 5.74) is -1.03. The Hall–Kier alpha value is -2.99. The van der Waals surface area contributed by atoms with Crippen molar-refractivity contribution in [1.29, 1.82) is 0 Å². The van der Waals surface area contributed by atoms with Crippen LogP contribution in [-0.2, 0) is 14.4 Å². The van der Waals surface area contributed by atoms with Crippen molar-refractivity contribution in [2.24, 2.45) is 4.40 Å². The van der Waals surface area contributed by atoms with Crippen LogP contribution < -0.4 is 5.32 Å². The van der Waals surface area contributed by atoms with E-state index in [0.29, 0.717) is 6.42 Å². The van der Waals surface area contributed by atoms with E-state index in [9.17, 15) is 34.7 Å². The van der Waals surface area contributed by atoms with Gasteiger partial charge in [-0.15, -0.1) is 0 Å². The molecule has 1 amide bonds. The molecule has 1 aliphatic rings. The summed E-state index contributed by atoms with van der Waals surface area (Å²) in [5.74, 6) is -3.04. The summed E-state index contributed by atoms with van der Waals surface area (Å²) in [6.07, 6.45) is 3.53. The van der Waals surface area contributed by atoms with E-state index in [-0.39, 0.29) is 37.7 Å². The van der Waals surface area contributed by atoms with Gasteiger partial charge in [0, 0.05) is 22.3 Å². The van der Waals surface area contributed by atoms with Crippen LogP contribution in [0, 0.1) is 10.1 Å². The Morgan fingerprint density at radius 1 is 1.09 bits per heavy atom. The summed E-state index contributed by atoms with van der Waals surface area (Å²) < 4.78 is 4.47. The third-order valence-electron chi connectivity index (χ3n) is 6.43. The number of thiol groups is 1. The predicted molar refractivity (Wildman–Crippen MR) is 137 cm³/mol. The lowest BCUT2D eigenvalue weighted by Crippen LogP contribution is -2.34. The number of hydrogen-bond acceptors (Lipinski definition) is 7. The number of nitrogens with zero attached hydrogens (tertiary/aromatic N) is 2. The number of carbonyl (C=O) groups is 3. The number of rotatable bonds is 13. The molecule has 0 atom stereocenters. The van der Waals surface area contributed by atoms with Crippen LogP contribution >= 0.6 is 20.7 Å². The summed E-state index contributed by atoms with van der Waals surface area (Å²) in [7, 11) is -4.04. The van der Waals surface area contributed by atoms with Crippen molar-refractivity contribution in [3.63, 3.8) is 0 Å². The third-order valence-corrected chi connectivity index (χ3v) is 14.0. The van der Waals surface area contributed by atoms with Gasteiger partial charge in [0.15, 0.2) is 0 Å². The van der Waals surface area contributed by atoms with Crippen LogP contribution in [0.25, 0.3) is 4.91 Å². The van der Waals surface area contributed by atoms with Crippen molar-refractivity contribution in [1.82, 2.24) is 5.32 Å². The monoisotopic (exact) mass is 513 g/mol. The van der Waals surface area contributed by atoms with Crippen molar-refractivity contribution in [2.45, 2.75) is 52.9 Å². The molecule has 188 valence electrons. The topological polar surface area (TPSA) is 159 Å². The van der Waals surface area contributed by atoms with Crippen molar-refractivity contribution >= 4 is 55.2 Å². The van der Waals surface area contributed by atoms with E-state index >= 15 is 0 Å². The van der Waals surface area contributed by atoms with Crippen LogP contribution in [0.15, 0.2) is 32.7 Å². The number of hydrogen-bond donors (Lipinski definition) is 4. The van der Waals surface area contributed by atoms with Gasteiger partial charge in [0.25, 0.3) is 0 Å². The average Bonchev–Trinajstić information content (AvgIpc) is 3.37. The Morgan fingerprint density at radius 2 is 1.71 bits per heavy atom. The molecule has 34 heavy (non-hydrogen) atoms. The molecule has 1 aliphatic heterocycles. The lowest BCUT2D eigenvalue weighted by Gasteiger charge is -2.58. The fourth-order valence-corrected chi connectivity index (χ4v) is 11.2. The molecule has 12 heteroatoms. The van der Waals surface area contributed by atoms with Crippen LogP contribution in [0.2, 0.25) is 0 Å². The number of nitrogens with one attached hydrogen (secondary N) is 1. The number of aliphatic carboxylic acids is 2. The molecule has 0 radical (unpaired) electrons. The average molecular weight is 514 g/mol. The number of amides is 1. The maximum absolute atomic E-state index is 12.9. The van der Waals surface area contributed by atoms with Gasteiger partial charge in [-0.3, -0.25) is 19.3 Å². The van der Waals surface area contributed by atoms with Gasteiger partial charge in [-0.05, 0) is 30.7 Å². The zero-order chi connectivity index (χ0) is 25.7. The molecule has 1 aromatic rings. The van der Waals surface area contributed by atoms with Crippen molar-refractivity contribution in [2.75, 3.05) is 11.5 Å². The molecule has 0 spiro atoms. The van der Waals surface area contributed by atoms with Crippen LogP contribution in [-0.4, -0.2) is 51.2 Å². The lowest BCUT2D eigenvalue weighted by molar-refractivity contribution is -0.380. The van der Waals surface area contributed by atoms with Gasteiger partial charge in [0.2, 0.25) is 5.91 Å². The normalized spacial score (nSPS) is 17.7. The second-order valence-corrected chi connectivity index (χ2v) is 14.4. The first-order chi connectivity index (χ1) is 16.0. The highest BCUT2D eigenvalue weighted by atomic mass is 32.3. The number of carboxylic acid groups (broad SMARTS) is 2. The molecule has 0 aromatic carbocycles. The van der Waals surface area contributed by atoms with Gasteiger partial charge in [0.05, 0.1) is 15.5 Å². The predicted octanol–water partition coefficient (Wildman–Crippen LogP) is 4.58. The summed E-state index contributed by atoms with van der Waals surface area (Å²) in [6.45, 7) is 9.28. The van der Waals surface area contributed by atoms with Crippen LogP contribution in [0.3, 0.4) is 0 Å². The zero-order valence-electron chi connectivity index (χ0n) is 19.5. The van der Waals surface area contributed by atoms with Crippen molar-refractivity contribution in [3.8, 4) is 0 Å². The first-order valence-electron chi connectivity index (χ1n) is 11.0. The highest BCUT2D eigenvalue weighted by molar-refractivity contribution is 8.58. The molecule has 3 N–H and O–H groups in total. The molecule has 0 fully saturated rings. The maximum atomic E-state index is 12.9.